The topological polar surface area (TPSA) is 57.7 Å². The highest BCUT2D eigenvalue weighted by Crippen LogP contribution is 2.28. The molecule has 0 aromatic heterocycles. The molecule has 3 aromatic carbocycles. The van der Waals surface area contributed by atoms with Crippen molar-refractivity contribution in [1.29, 1.82) is 0 Å². The van der Waals surface area contributed by atoms with Gasteiger partial charge in [0, 0.05) is 30.3 Å². The van der Waals surface area contributed by atoms with Crippen molar-refractivity contribution in [2.45, 2.75) is 17.7 Å². The van der Waals surface area contributed by atoms with E-state index in [1.165, 1.54) is 10.4 Å². The summed E-state index contributed by atoms with van der Waals surface area (Å²) in [6, 6.07) is 18.4. The van der Waals surface area contributed by atoms with E-state index in [1.807, 2.05) is 42.5 Å². The van der Waals surface area contributed by atoms with E-state index in [1.54, 1.807) is 24.1 Å². The summed E-state index contributed by atoms with van der Waals surface area (Å²) < 4.78 is 27.8. The summed E-state index contributed by atoms with van der Waals surface area (Å²) >= 11 is 3.41. The van der Waals surface area contributed by atoms with E-state index >= 15 is 0 Å². The molecule has 7 heteroatoms. The second-order valence-corrected chi connectivity index (χ2v) is 9.94. The zero-order chi connectivity index (χ0) is 20.6. The van der Waals surface area contributed by atoms with Gasteiger partial charge in [-0.1, -0.05) is 30.3 Å². The molecule has 1 saturated heterocycles. The first-order valence-corrected chi connectivity index (χ1v) is 11.7. The zero-order valence-corrected chi connectivity index (χ0v) is 18.4. The molecule has 29 heavy (non-hydrogen) atoms. The number of rotatable bonds is 4. The minimum Gasteiger partial charge on any atom is -0.311 e. The van der Waals surface area contributed by atoms with Crippen LogP contribution in [0.4, 0.5) is 5.69 Å². The maximum atomic E-state index is 13.2. The van der Waals surface area contributed by atoms with E-state index < -0.39 is 10.0 Å². The Morgan fingerprint density at radius 1 is 0.966 bits per heavy atom. The maximum absolute atomic E-state index is 13.2. The number of halogens is 1. The highest BCUT2D eigenvalue weighted by atomic mass is 79.9. The van der Waals surface area contributed by atoms with Gasteiger partial charge in [0.15, 0.2) is 0 Å². The fraction of sp³-hybridized carbons (Fsp3) is 0.227. The number of nitrogens with zero attached hydrogens (tertiary/aromatic N) is 2. The lowest BCUT2D eigenvalue weighted by Crippen LogP contribution is -2.29. The number of carbonyl (C=O) groups is 1. The van der Waals surface area contributed by atoms with Crippen molar-refractivity contribution in [1.82, 2.24) is 4.31 Å². The lowest BCUT2D eigenvalue weighted by atomic mass is 10.1. The monoisotopic (exact) mass is 472 g/mol. The van der Waals surface area contributed by atoms with Crippen molar-refractivity contribution >= 4 is 48.3 Å². The van der Waals surface area contributed by atoms with Crippen LogP contribution in [0, 0.1) is 0 Å². The molecule has 1 aliphatic rings. The molecule has 0 unspecified atom stereocenters. The van der Waals surface area contributed by atoms with Crippen LogP contribution in [0.15, 0.2) is 70.0 Å². The average molecular weight is 473 g/mol. The van der Waals surface area contributed by atoms with Gasteiger partial charge in [-0.15, -0.1) is 0 Å². The van der Waals surface area contributed by atoms with Crippen molar-refractivity contribution in [2.75, 3.05) is 25.0 Å². The third kappa shape index (κ3) is 3.82. The van der Waals surface area contributed by atoms with Crippen molar-refractivity contribution in [3.05, 3.63) is 70.7 Å². The predicted octanol–water partition coefficient (Wildman–Crippen LogP) is 4.66. The Bertz CT molecular complexity index is 1190. The van der Waals surface area contributed by atoms with Gasteiger partial charge in [-0.25, -0.2) is 8.42 Å². The van der Waals surface area contributed by atoms with Crippen LogP contribution < -0.4 is 4.90 Å². The van der Waals surface area contributed by atoms with E-state index in [0.29, 0.717) is 23.1 Å². The number of fused-ring (bicyclic) bond motifs is 1. The molecular weight excluding hydrogens is 452 g/mol. The van der Waals surface area contributed by atoms with E-state index in [2.05, 4.69) is 15.9 Å². The molecular formula is C22H21BrN2O3S. The molecule has 1 amide bonds. The molecule has 1 heterocycles. The van der Waals surface area contributed by atoms with Gasteiger partial charge >= 0.3 is 0 Å². The standard InChI is InChI=1S/C22H21BrN2O3S/c1-24(18-9-8-16-6-2-3-7-17(16)14-18)22(26)20-15-19(10-11-21(20)23)29(27,28)25-12-4-5-13-25/h2-3,6-11,14-15H,4-5,12-13H2,1H3. The van der Waals surface area contributed by atoms with Crippen LogP contribution in [0.5, 0.6) is 0 Å². The first-order chi connectivity index (χ1) is 13.9. The van der Waals surface area contributed by atoms with Crippen LogP contribution in [0.2, 0.25) is 0 Å². The van der Waals surface area contributed by atoms with Gasteiger partial charge in [-0.2, -0.15) is 4.31 Å². The van der Waals surface area contributed by atoms with Crippen LogP contribution in [0.25, 0.3) is 10.8 Å². The van der Waals surface area contributed by atoms with E-state index in [-0.39, 0.29) is 10.8 Å². The van der Waals surface area contributed by atoms with Crippen LogP contribution in [0.3, 0.4) is 0 Å². The molecule has 1 aliphatic heterocycles. The summed E-state index contributed by atoms with van der Waals surface area (Å²) in [6.07, 6.45) is 1.73. The Morgan fingerprint density at radius 2 is 1.66 bits per heavy atom. The lowest BCUT2D eigenvalue weighted by Gasteiger charge is -2.20. The van der Waals surface area contributed by atoms with Gasteiger partial charge in [-0.05, 0) is 69.9 Å². The maximum Gasteiger partial charge on any atom is 0.259 e. The molecule has 0 N–H and O–H groups in total. The SMILES string of the molecule is CN(C(=O)c1cc(S(=O)(=O)N2CCCC2)ccc1Br)c1ccc2ccccc2c1. The third-order valence-electron chi connectivity index (χ3n) is 5.30. The predicted molar refractivity (Wildman–Crippen MR) is 119 cm³/mol. The number of sulfonamides is 1. The lowest BCUT2D eigenvalue weighted by molar-refractivity contribution is 0.0992. The fourth-order valence-corrected chi connectivity index (χ4v) is 5.55. The summed E-state index contributed by atoms with van der Waals surface area (Å²) in [4.78, 5) is 14.9. The largest absolute Gasteiger partial charge is 0.311 e. The van der Waals surface area contributed by atoms with Gasteiger partial charge in [0.05, 0.1) is 10.5 Å². The molecule has 0 saturated carbocycles. The highest BCUT2D eigenvalue weighted by Gasteiger charge is 2.28. The van der Waals surface area contributed by atoms with Crippen molar-refractivity contribution in [2.24, 2.45) is 0 Å². The Labute approximate surface area is 179 Å². The second kappa shape index (κ2) is 7.89. The molecule has 150 valence electrons. The minimum absolute atomic E-state index is 0.151. The normalized spacial score (nSPS) is 15.0. The molecule has 0 aliphatic carbocycles. The fourth-order valence-electron chi connectivity index (χ4n) is 3.59. The summed E-state index contributed by atoms with van der Waals surface area (Å²) in [5.41, 5.74) is 1.06. The smallest absolute Gasteiger partial charge is 0.259 e. The molecule has 0 atom stereocenters. The molecule has 3 aromatic rings. The molecule has 0 radical (unpaired) electrons. The van der Waals surface area contributed by atoms with Gasteiger partial charge in [0.25, 0.3) is 5.91 Å². The van der Waals surface area contributed by atoms with E-state index in [0.717, 1.165) is 29.3 Å². The Morgan fingerprint density at radius 3 is 2.38 bits per heavy atom. The summed E-state index contributed by atoms with van der Waals surface area (Å²) in [7, 11) is -1.89. The highest BCUT2D eigenvalue weighted by molar-refractivity contribution is 9.10. The van der Waals surface area contributed by atoms with Crippen LogP contribution in [-0.2, 0) is 10.0 Å². The molecule has 0 bridgehead atoms. The Hall–Kier alpha value is -2.22. The third-order valence-corrected chi connectivity index (χ3v) is 7.88. The summed E-state index contributed by atoms with van der Waals surface area (Å²) in [6.45, 7) is 1.05. The van der Waals surface area contributed by atoms with Crippen LogP contribution >= 0.6 is 15.9 Å². The van der Waals surface area contributed by atoms with Gasteiger partial charge in [0.2, 0.25) is 10.0 Å². The first-order valence-electron chi connectivity index (χ1n) is 9.44. The number of amides is 1. The van der Waals surface area contributed by atoms with Gasteiger partial charge < -0.3 is 4.90 Å². The zero-order valence-electron chi connectivity index (χ0n) is 16.0. The van der Waals surface area contributed by atoms with Crippen molar-refractivity contribution < 1.29 is 13.2 Å². The molecule has 1 fully saturated rings. The first kappa shape index (κ1) is 20.1. The van der Waals surface area contributed by atoms with Gasteiger partial charge in [-0.3, -0.25) is 4.79 Å². The Balaban J connectivity index is 1.68. The summed E-state index contributed by atoms with van der Waals surface area (Å²) in [5, 5.41) is 2.13. The van der Waals surface area contributed by atoms with Gasteiger partial charge in [0.1, 0.15) is 0 Å². The number of hydrogen-bond acceptors (Lipinski definition) is 3. The quantitative estimate of drug-likeness (QED) is 0.554. The van der Waals surface area contributed by atoms with E-state index in [9.17, 15) is 13.2 Å². The second-order valence-electron chi connectivity index (χ2n) is 7.15. The van der Waals surface area contributed by atoms with Crippen LogP contribution in [-0.4, -0.2) is 38.8 Å². The number of anilines is 1. The number of benzene rings is 3. The van der Waals surface area contributed by atoms with Crippen LogP contribution in [0.1, 0.15) is 23.2 Å². The molecule has 4 rings (SSSR count). The average Bonchev–Trinajstić information content (AvgIpc) is 3.28. The minimum atomic E-state index is -3.59. The van der Waals surface area contributed by atoms with Crippen molar-refractivity contribution in [3.8, 4) is 0 Å². The molecule has 0 spiro atoms. The van der Waals surface area contributed by atoms with Crippen molar-refractivity contribution in [3.63, 3.8) is 0 Å². The Kier molecular flexibility index (Phi) is 5.46. The summed E-state index contributed by atoms with van der Waals surface area (Å²) in [5.74, 6) is -0.273. The number of carbonyl (C=O) groups excluding carboxylic acids is 1. The molecule has 5 nitrogen and oxygen atoms in total. The number of hydrogen-bond donors (Lipinski definition) is 0. The van der Waals surface area contributed by atoms with E-state index in [4.69, 9.17) is 0 Å².